The summed E-state index contributed by atoms with van der Waals surface area (Å²) in [6.45, 7) is 3.38. The number of carbonyl (C=O) groups is 2. The second kappa shape index (κ2) is 3.20. The summed E-state index contributed by atoms with van der Waals surface area (Å²) >= 11 is 11.7. The zero-order chi connectivity index (χ0) is 10.3. The smallest absolute Gasteiger partial charge is 0.232 e. The number of Topliss-reactive ketones (excluding diaryl/α,β-unsaturated/α-hetero) is 1. The van der Waals surface area contributed by atoms with E-state index in [0.29, 0.717) is 0 Å². The highest BCUT2D eigenvalue weighted by atomic mass is 35.5. The third-order valence-electron chi connectivity index (χ3n) is 2.12. The Labute approximate surface area is 86.0 Å². The summed E-state index contributed by atoms with van der Waals surface area (Å²) in [5, 5.41) is 5.45. The van der Waals surface area contributed by atoms with Gasteiger partial charge in [-0.25, -0.2) is 0 Å². The van der Waals surface area contributed by atoms with Crippen molar-refractivity contribution in [1.29, 1.82) is 0 Å². The van der Waals surface area contributed by atoms with Crippen molar-refractivity contribution in [3.05, 3.63) is 0 Å². The topological polar surface area (TPSA) is 58.2 Å². The van der Waals surface area contributed by atoms with E-state index >= 15 is 0 Å². The molecule has 0 aliphatic carbocycles. The van der Waals surface area contributed by atoms with E-state index in [9.17, 15) is 9.59 Å². The molecule has 2 atom stereocenters. The molecule has 2 unspecified atom stereocenters. The second-order valence-corrected chi connectivity index (χ2v) is 4.42. The highest BCUT2D eigenvalue weighted by Crippen LogP contribution is 2.33. The molecule has 0 aromatic heterocycles. The molecule has 6 heteroatoms. The van der Waals surface area contributed by atoms with E-state index in [0.717, 1.165) is 0 Å². The largest absolute Gasteiger partial charge is 0.294 e. The number of aldehydes is 1. The van der Waals surface area contributed by atoms with Crippen LogP contribution in [0, 0.1) is 0 Å². The first-order chi connectivity index (χ1) is 5.83. The lowest BCUT2D eigenvalue weighted by Crippen LogP contribution is -2.58. The van der Waals surface area contributed by atoms with Crippen LogP contribution in [0.1, 0.15) is 13.8 Å². The van der Waals surface area contributed by atoms with Crippen molar-refractivity contribution in [2.45, 2.75) is 30.0 Å². The third-order valence-corrected chi connectivity index (χ3v) is 3.11. The van der Waals surface area contributed by atoms with Crippen molar-refractivity contribution < 1.29 is 9.59 Å². The van der Waals surface area contributed by atoms with E-state index < -0.39 is 21.9 Å². The van der Waals surface area contributed by atoms with Crippen LogP contribution >= 0.6 is 23.2 Å². The maximum Gasteiger partial charge on any atom is 0.232 e. The Bertz CT molecular complexity index is 257. The molecule has 1 rings (SSSR count). The van der Waals surface area contributed by atoms with Gasteiger partial charge in [0.15, 0.2) is 11.3 Å². The van der Waals surface area contributed by atoms with E-state index in [1.807, 2.05) is 0 Å². The average Bonchev–Trinajstić information content (AvgIpc) is 2.20. The minimum absolute atomic E-state index is 0.193. The van der Waals surface area contributed by atoms with Crippen LogP contribution in [0.4, 0.5) is 0 Å². The Kier molecular flexibility index (Phi) is 2.69. The molecule has 0 aromatic rings. The quantitative estimate of drug-likeness (QED) is 0.304. The van der Waals surface area contributed by atoms with Crippen molar-refractivity contribution >= 4 is 35.3 Å². The summed E-state index contributed by atoms with van der Waals surface area (Å²) in [6, 6.07) is 0. The van der Waals surface area contributed by atoms with Crippen molar-refractivity contribution in [2.75, 3.05) is 0 Å². The van der Waals surface area contributed by atoms with Crippen molar-refractivity contribution in [3.8, 4) is 0 Å². The predicted octanol–water partition coefficient (Wildman–Crippen LogP) is 0.183. The molecule has 1 saturated heterocycles. The Morgan fingerprint density at radius 2 is 2.00 bits per heavy atom. The van der Waals surface area contributed by atoms with Crippen molar-refractivity contribution in [2.24, 2.45) is 0 Å². The lowest BCUT2D eigenvalue weighted by molar-refractivity contribution is -0.132. The number of carbonyl (C=O) groups excluding carboxylic acids is 2. The third kappa shape index (κ3) is 1.59. The number of rotatable bonds is 2. The number of halogens is 2. The number of nitrogens with one attached hydrogen (secondary N) is 2. The van der Waals surface area contributed by atoms with Crippen LogP contribution in [-0.4, -0.2) is 28.2 Å². The van der Waals surface area contributed by atoms with Crippen LogP contribution in [0.15, 0.2) is 0 Å². The number of hydrogen-bond acceptors (Lipinski definition) is 4. The number of hydrogen-bond donors (Lipinski definition) is 2. The van der Waals surface area contributed by atoms with E-state index in [-0.39, 0.29) is 6.29 Å². The summed E-state index contributed by atoms with van der Waals surface area (Å²) in [5.41, 5.74) is -1.38. The standard InChI is InChI=1S/C7H10Cl2N2O2/c1-6(2)7(9,4(13)3-12)11-5(8)10-6/h3,5,10-11H,1-2H3. The lowest BCUT2D eigenvalue weighted by atomic mass is 9.93. The van der Waals surface area contributed by atoms with Gasteiger partial charge in [-0.1, -0.05) is 23.2 Å². The van der Waals surface area contributed by atoms with E-state index in [1.54, 1.807) is 13.8 Å². The molecule has 13 heavy (non-hydrogen) atoms. The summed E-state index contributed by atoms with van der Waals surface area (Å²) < 4.78 is 0. The van der Waals surface area contributed by atoms with Crippen LogP contribution in [0.5, 0.6) is 0 Å². The van der Waals surface area contributed by atoms with Crippen molar-refractivity contribution in [3.63, 3.8) is 0 Å². The fourth-order valence-corrected chi connectivity index (χ4v) is 1.97. The molecular formula is C7H10Cl2N2O2. The Balaban J connectivity index is 3.02. The average molecular weight is 225 g/mol. The zero-order valence-electron chi connectivity index (χ0n) is 7.23. The highest BCUT2D eigenvalue weighted by Gasteiger charge is 2.55. The first-order valence-electron chi connectivity index (χ1n) is 3.71. The fraction of sp³-hybridized carbons (Fsp3) is 0.714. The first kappa shape index (κ1) is 10.9. The molecule has 0 saturated carbocycles. The van der Waals surface area contributed by atoms with Gasteiger partial charge in [0.2, 0.25) is 5.78 Å². The van der Waals surface area contributed by atoms with Gasteiger partial charge >= 0.3 is 0 Å². The van der Waals surface area contributed by atoms with Gasteiger partial charge in [-0.05, 0) is 13.8 Å². The second-order valence-electron chi connectivity index (χ2n) is 3.42. The summed E-state index contributed by atoms with van der Waals surface area (Å²) in [7, 11) is 0. The summed E-state index contributed by atoms with van der Waals surface area (Å²) in [4.78, 5) is 20.1. The normalized spacial score (nSPS) is 37.4. The molecule has 1 aliphatic rings. The first-order valence-corrected chi connectivity index (χ1v) is 4.53. The summed E-state index contributed by atoms with van der Waals surface area (Å²) in [6.07, 6.45) is 0.193. The van der Waals surface area contributed by atoms with Crippen LogP contribution in [0.3, 0.4) is 0 Å². The molecule has 0 aromatic carbocycles. The minimum atomic E-state index is -1.46. The van der Waals surface area contributed by atoms with Gasteiger partial charge in [0.1, 0.15) is 5.62 Å². The van der Waals surface area contributed by atoms with Crippen molar-refractivity contribution in [1.82, 2.24) is 10.6 Å². The molecule has 0 radical (unpaired) electrons. The van der Waals surface area contributed by atoms with Gasteiger partial charge in [-0.15, -0.1) is 0 Å². The van der Waals surface area contributed by atoms with Crippen LogP contribution < -0.4 is 10.6 Å². The summed E-state index contributed by atoms with van der Waals surface area (Å²) in [5.74, 6) is -0.727. The van der Waals surface area contributed by atoms with Gasteiger partial charge in [0.05, 0.1) is 5.54 Å². The predicted molar refractivity (Wildman–Crippen MR) is 49.6 cm³/mol. The van der Waals surface area contributed by atoms with E-state index in [1.165, 1.54) is 0 Å². The molecule has 1 aliphatic heterocycles. The van der Waals surface area contributed by atoms with E-state index in [4.69, 9.17) is 23.2 Å². The monoisotopic (exact) mass is 224 g/mol. The maximum absolute atomic E-state index is 11.2. The van der Waals surface area contributed by atoms with Gasteiger partial charge in [-0.3, -0.25) is 20.2 Å². The number of ketones is 1. The molecule has 0 amide bonds. The molecule has 0 bridgehead atoms. The Morgan fingerprint density at radius 1 is 1.46 bits per heavy atom. The SMILES string of the molecule is CC1(C)NC(Cl)NC1(Cl)C(=O)C=O. The van der Waals surface area contributed by atoms with Gasteiger partial charge in [-0.2, -0.15) is 0 Å². The molecule has 4 nitrogen and oxygen atoms in total. The highest BCUT2D eigenvalue weighted by molar-refractivity contribution is 6.48. The number of alkyl halides is 2. The van der Waals surface area contributed by atoms with E-state index in [2.05, 4.69) is 10.6 Å². The van der Waals surface area contributed by atoms with Crippen LogP contribution in [-0.2, 0) is 9.59 Å². The fourth-order valence-electron chi connectivity index (χ4n) is 1.27. The maximum atomic E-state index is 11.2. The lowest BCUT2D eigenvalue weighted by Gasteiger charge is -2.31. The molecule has 2 N–H and O–H groups in total. The molecular weight excluding hydrogens is 215 g/mol. The Morgan fingerprint density at radius 3 is 2.31 bits per heavy atom. The van der Waals surface area contributed by atoms with Gasteiger partial charge < -0.3 is 0 Å². The molecule has 1 fully saturated rings. The van der Waals surface area contributed by atoms with Gasteiger partial charge in [0, 0.05) is 0 Å². The molecule has 74 valence electrons. The Hall–Kier alpha value is -0.160. The zero-order valence-corrected chi connectivity index (χ0v) is 8.74. The van der Waals surface area contributed by atoms with Crippen LogP contribution in [0.25, 0.3) is 0 Å². The minimum Gasteiger partial charge on any atom is -0.294 e. The van der Waals surface area contributed by atoms with Crippen LogP contribution in [0.2, 0.25) is 0 Å². The molecule has 1 heterocycles. The molecule has 0 spiro atoms. The van der Waals surface area contributed by atoms with Gasteiger partial charge in [0.25, 0.3) is 0 Å².